The van der Waals surface area contributed by atoms with Gasteiger partial charge in [-0.2, -0.15) is 0 Å². The Labute approximate surface area is 119 Å². The van der Waals surface area contributed by atoms with E-state index in [0.717, 1.165) is 44.3 Å². The van der Waals surface area contributed by atoms with Crippen LogP contribution in [0.3, 0.4) is 0 Å². The largest absolute Gasteiger partial charge is 0.382 e. The summed E-state index contributed by atoms with van der Waals surface area (Å²) < 4.78 is 7.53. The van der Waals surface area contributed by atoms with Crippen molar-refractivity contribution in [1.29, 1.82) is 0 Å². The monoisotopic (exact) mass is 280 g/mol. The van der Waals surface area contributed by atoms with Crippen molar-refractivity contribution in [2.75, 3.05) is 26.3 Å². The molecule has 104 valence electrons. The number of rotatable bonds is 8. The second kappa shape index (κ2) is 7.53. The van der Waals surface area contributed by atoms with Crippen molar-refractivity contribution in [3.05, 3.63) is 35.5 Å². The number of nitrogens with one attached hydrogen (secondary N) is 1. The fourth-order valence-electron chi connectivity index (χ4n) is 2.12. The van der Waals surface area contributed by atoms with Crippen molar-refractivity contribution >= 4 is 22.5 Å². The van der Waals surface area contributed by atoms with Gasteiger partial charge in [0.1, 0.15) is 0 Å². The van der Waals surface area contributed by atoms with Crippen molar-refractivity contribution < 1.29 is 4.74 Å². The SMILES string of the molecule is CCOCCCNCCn1ccc2ccc(Cl)cc21. The first-order chi connectivity index (χ1) is 9.31. The highest BCUT2D eigenvalue weighted by Crippen LogP contribution is 2.20. The quantitative estimate of drug-likeness (QED) is 0.751. The first-order valence-electron chi connectivity index (χ1n) is 6.84. The van der Waals surface area contributed by atoms with Crippen LogP contribution in [0.15, 0.2) is 30.5 Å². The van der Waals surface area contributed by atoms with Crippen LogP contribution in [0.4, 0.5) is 0 Å². The third kappa shape index (κ3) is 4.23. The molecule has 0 amide bonds. The molecule has 1 N–H and O–H groups in total. The highest BCUT2D eigenvalue weighted by molar-refractivity contribution is 6.31. The van der Waals surface area contributed by atoms with Crippen molar-refractivity contribution in [3.63, 3.8) is 0 Å². The maximum atomic E-state index is 6.04. The van der Waals surface area contributed by atoms with Crippen LogP contribution in [0.5, 0.6) is 0 Å². The van der Waals surface area contributed by atoms with Gasteiger partial charge in [-0.15, -0.1) is 0 Å². The van der Waals surface area contributed by atoms with E-state index in [4.69, 9.17) is 16.3 Å². The van der Waals surface area contributed by atoms with E-state index < -0.39 is 0 Å². The van der Waals surface area contributed by atoms with E-state index in [1.54, 1.807) is 0 Å². The Morgan fingerprint density at radius 2 is 2.16 bits per heavy atom. The first kappa shape index (κ1) is 14.4. The average molecular weight is 281 g/mol. The van der Waals surface area contributed by atoms with E-state index in [-0.39, 0.29) is 0 Å². The first-order valence-corrected chi connectivity index (χ1v) is 7.22. The highest BCUT2D eigenvalue weighted by Gasteiger charge is 2.01. The molecule has 2 aromatic rings. The van der Waals surface area contributed by atoms with Crippen LogP contribution in [0.25, 0.3) is 10.9 Å². The zero-order valence-corrected chi connectivity index (χ0v) is 12.1. The molecule has 0 unspecified atom stereocenters. The standard InChI is InChI=1S/C15H21ClN2O/c1-2-19-11-3-7-17-8-10-18-9-6-13-4-5-14(16)12-15(13)18/h4-6,9,12,17H,2-3,7-8,10-11H2,1H3. The Kier molecular flexibility index (Phi) is 5.70. The molecule has 0 saturated carbocycles. The summed E-state index contributed by atoms with van der Waals surface area (Å²) in [4.78, 5) is 0. The molecule has 3 nitrogen and oxygen atoms in total. The van der Waals surface area contributed by atoms with Gasteiger partial charge in [0, 0.05) is 43.0 Å². The van der Waals surface area contributed by atoms with E-state index in [0.29, 0.717) is 0 Å². The van der Waals surface area contributed by atoms with E-state index in [1.165, 1.54) is 10.9 Å². The third-order valence-electron chi connectivity index (χ3n) is 3.11. The van der Waals surface area contributed by atoms with E-state index in [1.807, 2.05) is 19.1 Å². The van der Waals surface area contributed by atoms with Gasteiger partial charge in [0.05, 0.1) is 0 Å². The van der Waals surface area contributed by atoms with Crippen LogP contribution in [0, 0.1) is 0 Å². The number of hydrogen-bond acceptors (Lipinski definition) is 2. The molecular formula is C15H21ClN2O. The number of hydrogen-bond donors (Lipinski definition) is 1. The number of halogens is 1. The number of nitrogens with zero attached hydrogens (tertiary/aromatic N) is 1. The van der Waals surface area contributed by atoms with Gasteiger partial charge in [-0.05, 0) is 43.5 Å². The lowest BCUT2D eigenvalue weighted by Gasteiger charge is -2.07. The molecule has 0 fully saturated rings. The molecule has 0 bridgehead atoms. The van der Waals surface area contributed by atoms with Gasteiger partial charge in [-0.3, -0.25) is 0 Å². The molecule has 0 aliphatic rings. The Morgan fingerprint density at radius 3 is 3.00 bits per heavy atom. The molecule has 0 radical (unpaired) electrons. The number of benzene rings is 1. The Morgan fingerprint density at radius 1 is 1.26 bits per heavy atom. The molecule has 4 heteroatoms. The molecule has 0 spiro atoms. The van der Waals surface area contributed by atoms with Gasteiger partial charge < -0.3 is 14.6 Å². The molecule has 1 aromatic heterocycles. The molecule has 0 saturated heterocycles. The highest BCUT2D eigenvalue weighted by atomic mass is 35.5. The summed E-state index contributed by atoms with van der Waals surface area (Å²) in [5, 5.41) is 5.45. The normalized spacial score (nSPS) is 11.3. The topological polar surface area (TPSA) is 26.2 Å². The lowest BCUT2D eigenvalue weighted by atomic mass is 10.2. The van der Waals surface area contributed by atoms with Gasteiger partial charge in [0.15, 0.2) is 0 Å². The summed E-state index contributed by atoms with van der Waals surface area (Å²) in [6.45, 7) is 6.58. The molecule has 2 rings (SSSR count). The molecule has 19 heavy (non-hydrogen) atoms. The van der Waals surface area contributed by atoms with Crippen LogP contribution < -0.4 is 5.32 Å². The minimum atomic E-state index is 0.789. The van der Waals surface area contributed by atoms with Crippen molar-refractivity contribution in [2.24, 2.45) is 0 Å². The second-order valence-corrected chi connectivity index (χ2v) is 4.95. The molecular weight excluding hydrogens is 260 g/mol. The van der Waals surface area contributed by atoms with Crippen molar-refractivity contribution in [1.82, 2.24) is 9.88 Å². The number of ether oxygens (including phenoxy) is 1. The Bertz CT molecular complexity index is 510. The van der Waals surface area contributed by atoms with Crippen LogP contribution in [-0.2, 0) is 11.3 Å². The molecule has 0 atom stereocenters. The summed E-state index contributed by atoms with van der Waals surface area (Å²) in [7, 11) is 0. The lowest BCUT2D eigenvalue weighted by molar-refractivity contribution is 0.145. The molecule has 1 aromatic carbocycles. The summed E-state index contributed by atoms with van der Waals surface area (Å²) >= 11 is 6.04. The zero-order valence-electron chi connectivity index (χ0n) is 11.4. The molecule has 0 aliphatic carbocycles. The third-order valence-corrected chi connectivity index (χ3v) is 3.35. The van der Waals surface area contributed by atoms with Crippen molar-refractivity contribution in [2.45, 2.75) is 19.9 Å². The summed E-state index contributed by atoms with van der Waals surface area (Å²) in [5.74, 6) is 0. The maximum absolute atomic E-state index is 6.04. The van der Waals surface area contributed by atoms with E-state index in [2.05, 4.69) is 28.2 Å². The van der Waals surface area contributed by atoms with Crippen molar-refractivity contribution in [3.8, 4) is 0 Å². The van der Waals surface area contributed by atoms with Crippen LogP contribution in [-0.4, -0.2) is 30.9 Å². The zero-order chi connectivity index (χ0) is 13.5. The van der Waals surface area contributed by atoms with Gasteiger partial charge in [-0.1, -0.05) is 17.7 Å². The fraction of sp³-hybridized carbons (Fsp3) is 0.467. The number of aromatic nitrogens is 1. The van der Waals surface area contributed by atoms with Crippen LogP contribution in [0.1, 0.15) is 13.3 Å². The summed E-state index contributed by atoms with van der Waals surface area (Å²) in [5.41, 5.74) is 1.20. The predicted molar refractivity (Wildman–Crippen MR) is 80.9 cm³/mol. The van der Waals surface area contributed by atoms with E-state index in [9.17, 15) is 0 Å². The predicted octanol–water partition coefficient (Wildman–Crippen LogP) is 3.31. The minimum absolute atomic E-state index is 0.789. The maximum Gasteiger partial charge on any atom is 0.0495 e. The Hall–Kier alpha value is -1.03. The summed E-state index contributed by atoms with van der Waals surface area (Å²) in [6, 6.07) is 8.14. The Balaban J connectivity index is 1.77. The van der Waals surface area contributed by atoms with E-state index >= 15 is 0 Å². The average Bonchev–Trinajstić information content (AvgIpc) is 2.80. The smallest absolute Gasteiger partial charge is 0.0495 e. The van der Waals surface area contributed by atoms with Crippen LogP contribution >= 0.6 is 11.6 Å². The number of fused-ring (bicyclic) bond motifs is 1. The molecule has 0 aliphatic heterocycles. The van der Waals surface area contributed by atoms with Gasteiger partial charge in [-0.25, -0.2) is 0 Å². The molecule has 1 heterocycles. The second-order valence-electron chi connectivity index (χ2n) is 4.51. The van der Waals surface area contributed by atoms with Crippen LogP contribution in [0.2, 0.25) is 5.02 Å². The lowest BCUT2D eigenvalue weighted by Crippen LogP contribution is -2.21. The fourth-order valence-corrected chi connectivity index (χ4v) is 2.29. The van der Waals surface area contributed by atoms with Gasteiger partial charge in [0.2, 0.25) is 0 Å². The minimum Gasteiger partial charge on any atom is -0.382 e. The summed E-state index contributed by atoms with van der Waals surface area (Å²) in [6.07, 6.45) is 3.18. The van der Waals surface area contributed by atoms with Gasteiger partial charge in [0.25, 0.3) is 0 Å². The van der Waals surface area contributed by atoms with Gasteiger partial charge >= 0.3 is 0 Å².